The molecule has 0 bridgehead atoms. The molecule has 2 N–H and O–H groups in total. The fourth-order valence-corrected chi connectivity index (χ4v) is 1.79. The van der Waals surface area contributed by atoms with Crippen molar-refractivity contribution >= 4 is 0 Å². The molecule has 2 nitrogen and oxygen atoms in total. The lowest BCUT2D eigenvalue weighted by Gasteiger charge is -2.32. The molecule has 0 aliphatic carbocycles. The summed E-state index contributed by atoms with van der Waals surface area (Å²) in [5.41, 5.74) is 1.06. The van der Waals surface area contributed by atoms with Crippen molar-refractivity contribution < 1.29 is 9.50 Å². The van der Waals surface area contributed by atoms with Gasteiger partial charge in [-0.25, -0.2) is 4.39 Å². The summed E-state index contributed by atoms with van der Waals surface area (Å²) < 4.78 is 12.8. The van der Waals surface area contributed by atoms with Crippen molar-refractivity contribution in [3.8, 4) is 0 Å². The van der Waals surface area contributed by atoms with Gasteiger partial charge >= 0.3 is 0 Å². The Morgan fingerprint density at radius 1 is 1.25 bits per heavy atom. The van der Waals surface area contributed by atoms with Crippen LogP contribution in [0.5, 0.6) is 0 Å². The minimum atomic E-state index is -0.224. The van der Waals surface area contributed by atoms with E-state index in [9.17, 15) is 4.39 Å². The van der Waals surface area contributed by atoms with E-state index in [0.717, 1.165) is 5.56 Å². The van der Waals surface area contributed by atoms with Gasteiger partial charge in [-0.15, -0.1) is 0 Å². The number of hydrogen-bond donors (Lipinski definition) is 2. The molecule has 0 saturated heterocycles. The lowest BCUT2D eigenvalue weighted by molar-refractivity contribution is 0.235. The maximum Gasteiger partial charge on any atom is 0.123 e. The van der Waals surface area contributed by atoms with Gasteiger partial charge in [0.1, 0.15) is 5.82 Å². The zero-order valence-corrected chi connectivity index (χ0v) is 10.1. The summed E-state index contributed by atoms with van der Waals surface area (Å²) in [4.78, 5) is 0. The van der Waals surface area contributed by atoms with Crippen LogP contribution in [0.1, 0.15) is 32.4 Å². The molecule has 0 fully saturated rings. The van der Waals surface area contributed by atoms with Crippen molar-refractivity contribution in [3.05, 3.63) is 35.6 Å². The summed E-state index contributed by atoms with van der Waals surface area (Å²) in [5.74, 6) is -0.224. The number of hydrogen-bond acceptors (Lipinski definition) is 2. The van der Waals surface area contributed by atoms with Crippen LogP contribution in [0.2, 0.25) is 0 Å². The van der Waals surface area contributed by atoms with Crippen molar-refractivity contribution in [3.63, 3.8) is 0 Å². The van der Waals surface area contributed by atoms with Gasteiger partial charge in [0, 0.05) is 12.6 Å². The highest BCUT2D eigenvalue weighted by Gasteiger charge is 2.25. The van der Waals surface area contributed by atoms with Crippen LogP contribution in [-0.4, -0.2) is 18.3 Å². The van der Waals surface area contributed by atoms with E-state index in [1.165, 1.54) is 12.1 Å². The number of aliphatic hydroxyl groups excluding tert-OH is 1. The highest BCUT2D eigenvalue weighted by molar-refractivity contribution is 5.21. The molecule has 90 valence electrons. The van der Waals surface area contributed by atoms with Gasteiger partial charge < -0.3 is 10.4 Å². The molecular weight excluding hydrogens is 205 g/mol. The van der Waals surface area contributed by atoms with E-state index in [1.807, 2.05) is 0 Å². The molecule has 0 heterocycles. The zero-order valence-electron chi connectivity index (χ0n) is 10.1. The fraction of sp³-hybridized carbons (Fsp3) is 0.538. The van der Waals surface area contributed by atoms with Crippen LogP contribution in [-0.2, 0) is 0 Å². The Labute approximate surface area is 96.5 Å². The topological polar surface area (TPSA) is 32.3 Å². The summed E-state index contributed by atoms with van der Waals surface area (Å²) in [6.07, 6.45) is 0. The first-order chi connectivity index (χ1) is 7.45. The third kappa shape index (κ3) is 3.58. The van der Waals surface area contributed by atoms with E-state index in [1.54, 1.807) is 12.1 Å². The first-order valence-electron chi connectivity index (χ1n) is 5.55. The molecule has 0 amide bonds. The molecule has 0 aliphatic heterocycles. The SMILES string of the molecule is CC(C)(C)C(NCCO)c1ccc(F)cc1. The average molecular weight is 225 g/mol. The van der Waals surface area contributed by atoms with Crippen molar-refractivity contribution in [1.29, 1.82) is 0 Å². The molecule has 1 rings (SSSR count). The Morgan fingerprint density at radius 2 is 1.81 bits per heavy atom. The summed E-state index contributed by atoms with van der Waals surface area (Å²) in [6, 6.07) is 6.62. The third-order valence-electron chi connectivity index (χ3n) is 2.53. The van der Waals surface area contributed by atoms with E-state index in [-0.39, 0.29) is 23.9 Å². The summed E-state index contributed by atoms with van der Waals surface area (Å²) in [7, 11) is 0. The fourth-order valence-electron chi connectivity index (χ4n) is 1.79. The largest absolute Gasteiger partial charge is 0.395 e. The minimum Gasteiger partial charge on any atom is -0.395 e. The summed E-state index contributed by atoms with van der Waals surface area (Å²) in [6.45, 7) is 7.00. The molecule has 3 heteroatoms. The van der Waals surface area contributed by atoms with E-state index in [0.29, 0.717) is 6.54 Å². The number of halogens is 1. The molecule has 1 atom stereocenters. The van der Waals surface area contributed by atoms with Crippen LogP contribution in [0.15, 0.2) is 24.3 Å². The molecule has 0 aromatic heterocycles. The second kappa shape index (κ2) is 5.41. The zero-order chi connectivity index (χ0) is 12.2. The van der Waals surface area contributed by atoms with Crippen LogP contribution in [0.3, 0.4) is 0 Å². The monoisotopic (exact) mass is 225 g/mol. The Hall–Kier alpha value is -0.930. The second-order valence-electron chi connectivity index (χ2n) is 5.03. The quantitative estimate of drug-likeness (QED) is 0.825. The van der Waals surface area contributed by atoms with Crippen LogP contribution < -0.4 is 5.32 Å². The van der Waals surface area contributed by atoms with E-state index >= 15 is 0 Å². The molecule has 1 aromatic carbocycles. The number of nitrogens with one attached hydrogen (secondary N) is 1. The van der Waals surface area contributed by atoms with Crippen LogP contribution in [0.25, 0.3) is 0 Å². The number of aliphatic hydroxyl groups is 1. The molecule has 0 saturated carbocycles. The molecule has 0 aliphatic rings. The van der Waals surface area contributed by atoms with Gasteiger partial charge in [0.15, 0.2) is 0 Å². The van der Waals surface area contributed by atoms with Gasteiger partial charge in [-0.1, -0.05) is 32.9 Å². The van der Waals surface area contributed by atoms with E-state index < -0.39 is 0 Å². The van der Waals surface area contributed by atoms with Gasteiger partial charge in [-0.2, -0.15) is 0 Å². The summed E-state index contributed by atoms with van der Waals surface area (Å²) >= 11 is 0. The Morgan fingerprint density at radius 3 is 2.25 bits per heavy atom. The Bertz CT molecular complexity index is 316. The molecule has 1 aromatic rings. The van der Waals surface area contributed by atoms with E-state index in [2.05, 4.69) is 26.1 Å². The van der Waals surface area contributed by atoms with E-state index in [4.69, 9.17) is 5.11 Å². The van der Waals surface area contributed by atoms with Gasteiger partial charge in [-0.05, 0) is 23.1 Å². The normalized spacial score (nSPS) is 13.8. The molecular formula is C13H20FNO. The van der Waals surface area contributed by atoms with Crippen LogP contribution in [0.4, 0.5) is 4.39 Å². The van der Waals surface area contributed by atoms with Crippen LogP contribution in [0, 0.1) is 11.2 Å². The molecule has 0 spiro atoms. The van der Waals surface area contributed by atoms with Crippen LogP contribution >= 0.6 is 0 Å². The lowest BCUT2D eigenvalue weighted by atomic mass is 9.82. The smallest absolute Gasteiger partial charge is 0.123 e. The Balaban J connectivity index is 2.88. The molecule has 1 unspecified atom stereocenters. The first-order valence-corrected chi connectivity index (χ1v) is 5.55. The maximum absolute atomic E-state index is 12.8. The lowest BCUT2D eigenvalue weighted by Crippen LogP contribution is -2.34. The first kappa shape index (κ1) is 13.1. The number of benzene rings is 1. The van der Waals surface area contributed by atoms with Crippen molar-refractivity contribution in [2.24, 2.45) is 5.41 Å². The van der Waals surface area contributed by atoms with Crippen molar-refractivity contribution in [2.75, 3.05) is 13.2 Å². The number of rotatable bonds is 4. The van der Waals surface area contributed by atoms with Gasteiger partial charge in [0.25, 0.3) is 0 Å². The van der Waals surface area contributed by atoms with Gasteiger partial charge in [-0.3, -0.25) is 0 Å². The maximum atomic E-state index is 12.8. The van der Waals surface area contributed by atoms with Gasteiger partial charge in [0.05, 0.1) is 6.61 Å². The third-order valence-corrected chi connectivity index (χ3v) is 2.53. The van der Waals surface area contributed by atoms with Crippen molar-refractivity contribution in [2.45, 2.75) is 26.8 Å². The highest BCUT2D eigenvalue weighted by Crippen LogP contribution is 2.32. The predicted octanol–water partition coefficient (Wildman–Crippen LogP) is 2.49. The molecule has 16 heavy (non-hydrogen) atoms. The van der Waals surface area contributed by atoms with Gasteiger partial charge in [0.2, 0.25) is 0 Å². The Kier molecular flexibility index (Phi) is 4.44. The highest BCUT2D eigenvalue weighted by atomic mass is 19.1. The second-order valence-corrected chi connectivity index (χ2v) is 5.03. The molecule has 0 radical (unpaired) electrons. The minimum absolute atomic E-state index is 0.0208. The predicted molar refractivity (Wildman–Crippen MR) is 63.7 cm³/mol. The average Bonchev–Trinajstić information content (AvgIpc) is 2.19. The van der Waals surface area contributed by atoms with Crippen molar-refractivity contribution in [1.82, 2.24) is 5.32 Å². The summed E-state index contributed by atoms with van der Waals surface area (Å²) in [5, 5.41) is 12.1. The standard InChI is InChI=1S/C13H20FNO/c1-13(2,3)12(15-8-9-16)10-4-6-11(14)7-5-10/h4-7,12,15-16H,8-9H2,1-3H3.